The van der Waals surface area contributed by atoms with Crippen molar-refractivity contribution >= 4 is 5.91 Å². The molecule has 0 unspecified atom stereocenters. The molecule has 4 heteroatoms. The third kappa shape index (κ3) is 8.64. The van der Waals surface area contributed by atoms with E-state index in [1.165, 1.54) is 11.1 Å². The quantitative estimate of drug-likeness (QED) is 0.350. The Bertz CT molecular complexity index is 590. The number of ether oxygens (including phenoxy) is 1. The van der Waals surface area contributed by atoms with E-state index in [2.05, 4.69) is 66.9 Å². The van der Waals surface area contributed by atoms with E-state index in [9.17, 15) is 4.79 Å². The molecule has 0 spiro atoms. The first-order valence-corrected chi connectivity index (χ1v) is 11.0. The minimum Gasteiger partial charge on any atom is -0.493 e. The first-order chi connectivity index (χ1) is 13.2. The van der Waals surface area contributed by atoms with E-state index < -0.39 is 0 Å². The maximum Gasteiger partial charge on any atom is 0.277 e. The molecule has 0 aliphatic carbocycles. The zero-order valence-electron chi connectivity index (χ0n) is 19.4. The van der Waals surface area contributed by atoms with Crippen LogP contribution < -0.4 is 4.74 Å². The molecule has 1 aromatic rings. The van der Waals surface area contributed by atoms with E-state index in [4.69, 9.17) is 4.74 Å². The number of rotatable bonds is 13. The molecule has 0 fully saturated rings. The summed E-state index contributed by atoms with van der Waals surface area (Å²) in [5.41, 5.74) is 2.51. The lowest BCUT2D eigenvalue weighted by molar-refractivity contribution is -0.883. The summed E-state index contributed by atoms with van der Waals surface area (Å²) >= 11 is 0. The van der Waals surface area contributed by atoms with Gasteiger partial charge in [0.25, 0.3) is 5.91 Å². The van der Waals surface area contributed by atoms with Gasteiger partial charge in [-0.15, -0.1) is 0 Å². The Morgan fingerprint density at radius 2 is 1.75 bits per heavy atom. The fourth-order valence-electron chi connectivity index (χ4n) is 3.40. The third-order valence-corrected chi connectivity index (χ3v) is 5.20. The van der Waals surface area contributed by atoms with Crippen LogP contribution in [0.25, 0.3) is 0 Å². The fraction of sp³-hybridized carbons (Fsp3) is 0.708. The summed E-state index contributed by atoms with van der Waals surface area (Å²) in [5.74, 6) is 1.80. The van der Waals surface area contributed by atoms with Crippen molar-refractivity contribution in [1.82, 2.24) is 4.90 Å². The number of hydrogen-bond donors (Lipinski definition) is 0. The zero-order valence-corrected chi connectivity index (χ0v) is 19.4. The van der Waals surface area contributed by atoms with E-state index in [1.807, 2.05) is 4.90 Å². The summed E-state index contributed by atoms with van der Waals surface area (Å²) in [4.78, 5) is 14.6. The number of likely N-dealkylation sites (N-methyl/N-ethyl adjacent to an activating group) is 1. The zero-order chi connectivity index (χ0) is 21.2. The third-order valence-electron chi connectivity index (χ3n) is 5.20. The van der Waals surface area contributed by atoms with Gasteiger partial charge < -0.3 is 14.1 Å². The van der Waals surface area contributed by atoms with Crippen molar-refractivity contribution in [3.63, 3.8) is 0 Å². The van der Waals surface area contributed by atoms with Crippen molar-refractivity contribution in [1.29, 1.82) is 0 Å². The highest BCUT2D eigenvalue weighted by molar-refractivity contribution is 5.77. The molecule has 1 aromatic carbocycles. The van der Waals surface area contributed by atoms with Crippen molar-refractivity contribution < 1.29 is 14.0 Å². The molecule has 0 radical (unpaired) electrons. The Kier molecular flexibility index (Phi) is 10.6. The van der Waals surface area contributed by atoms with Gasteiger partial charge in [0.1, 0.15) is 5.75 Å². The number of hydrogen-bond acceptors (Lipinski definition) is 2. The Hall–Kier alpha value is -1.55. The van der Waals surface area contributed by atoms with Crippen LogP contribution in [0.5, 0.6) is 5.75 Å². The van der Waals surface area contributed by atoms with Gasteiger partial charge in [-0.3, -0.25) is 4.79 Å². The second-order valence-electron chi connectivity index (χ2n) is 8.93. The number of unbranched alkanes of at least 4 members (excludes halogenated alkanes) is 1. The Labute approximate surface area is 173 Å². The number of nitrogens with zero attached hydrogens (tertiary/aromatic N) is 2. The van der Waals surface area contributed by atoms with Crippen molar-refractivity contribution in [2.45, 2.75) is 66.2 Å². The SMILES string of the molecule is CCCN(CCC)C(=O)C[N+](C)(C)CCCCOc1cc(C(C)C)ccc1C. The first-order valence-electron chi connectivity index (χ1n) is 11.0. The average Bonchev–Trinajstić information content (AvgIpc) is 2.62. The maximum absolute atomic E-state index is 12.6. The van der Waals surface area contributed by atoms with Gasteiger partial charge in [-0.1, -0.05) is 39.8 Å². The van der Waals surface area contributed by atoms with E-state index in [0.717, 1.165) is 62.2 Å². The average molecular weight is 392 g/mol. The molecule has 0 saturated heterocycles. The molecule has 0 saturated carbocycles. The molecule has 0 aliphatic heterocycles. The highest BCUT2D eigenvalue weighted by Crippen LogP contribution is 2.24. The number of benzene rings is 1. The van der Waals surface area contributed by atoms with Crippen LogP contribution in [-0.4, -0.2) is 62.2 Å². The predicted molar refractivity (Wildman–Crippen MR) is 119 cm³/mol. The van der Waals surface area contributed by atoms with Gasteiger partial charge in [-0.2, -0.15) is 0 Å². The summed E-state index contributed by atoms with van der Waals surface area (Å²) in [7, 11) is 4.32. The van der Waals surface area contributed by atoms with Gasteiger partial charge in [0.2, 0.25) is 0 Å². The van der Waals surface area contributed by atoms with E-state index in [0.29, 0.717) is 12.5 Å². The van der Waals surface area contributed by atoms with Crippen LogP contribution in [0.3, 0.4) is 0 Å². The molecule has 0 N–H and O–H groups in total. The molecular formula is C24H43N2O2+. The van der Waals surface area contributed by atoms with Gasteiger partial charge >= 0.3 is 0 Å². The smallest absolute Gasteiger partial charge is 0.277 e. The summed E-state index contributed by atoms with van der Waals surface area (Å²) in [6.07, 6.45) is 4.11. The predicted octanol–water partition coefficient (Wildman–Crippen LogP) is 5.00. The van der Waals surface area contributed by atoms with Crippen LogP contribution in [0.4, 0.5) is 0 Å². The van der Waals surface area contributed by atoms with Crippen LogP contribution in [-0.2, 0) is 4.79 Å². The van der Waals surface area contributed by atoms with Crippen LogP contribution in [0.2, 0.25) is 0 Å². The largest absolute Gasteiger partial charge is 0.493 e. The van der Waals surface area contributed by atoms with Crippen molar-refractivity contribution in [2.24, 2.45) is 0 Å². The Balaban J connectivity index is 2.42. The molecular weight excluding hydrogens is 348 g/mol. The van der Waals surface area contributed by atoms with E-state index in [1.54, 1.807) is 0 Å². The molecule has 0 heterocycles. The van der Waals surface area contributed by atoms with Crippen LogP contribution in [0.1, 0.15) is 70.4 Å². The number of quaternary nitrogens is 1. The van der Waals surface area contributed by atoms with Gasteiger partial charge in [0.15, 0.2) is 6.54 Å². The summed E-state index contributed by atoms with van der Waals surface area (Å²) in [6, 6.07) is 6.51. The number of carbonyl (C=O) groups excluding carboxylic acids is 1. The monoisotopic (exact) mass is 391 g/mol. The summed E-state index contributed by atoms with van der Waals surface area (Å²) in [5, 5.41) is 0. The minimum absolute atomic E-state index is 0.283. The van der Waals surface area contributed by atoms with Crippen molar-refractivity contribution in [2.75, 3.05) is 46.9 Å². The maximum atomic E-state index is 12.6. The Morgan fingerprint density at radius 3 is 2.32 bits per heavy atom. The highest BCUT2D eigenvalue weighted by atomic mass is 16.5. The van der Waals surface area contributed by atoms with Gasteiger partial charge in [-0.05, 0) is 55.7 Å². The lowest BCUT2D eigenvalue weighted by Gasteiger charge is -2.32. The molecule has 0 bridgehead atoms. The fourth-order valence-corrected chi connectivity index (χ4v) is 3.40. The molecule has 1 amide bonds. The van der Waals surface area contributed by atoms with E-state index in [-0.39, 0.29) is 5.91 Å². The number of amides is 1. The summed E-state index contributed by atoms with van der Waals surface area (Å²) < 4.78 is 6.78. The molecule has 0 atom stereocenters. The Morgan fingerprint density at radius 1 is 1.11 bits per heavy atom. The van der Waals surface area contributed by atoms with Crippen LogP contribution in [0, 0.1) is 6.92 Å². The second kappa shape index (κ2) is 12.1. The lowest BCUT2D eigenvalue weighted by Crippen LogP contribution is -2.49. The van der Waals surface area contributed by atoms with Gasteiger partial charge in [0, 0.05) is 13.1 Å². The normalized spacial score (nSPS) is 11.7. The van der Waals surface area contributed by atoms with Gasteiger partial charge in [0.05, 0.1) is 27.2 Å². The standard InChI is InChI=1S/C24H43N2O2/c1-8-14-25(15-9-2)24(27)19-26(6,7)16-10-11-17-28-23-18-22(20(3)4)13-12-21(23)5/h12-13,18,20H,8-11,14-17,19H2,1-7H3/q+1. The second-order valence-corrected chi connectivity index (χ2v) is 8.93. The lowest BCUT2D eigenvalue weighted by atomic mass is 10.0. The molecule has 1 rings (SSSR count). The molecule has 0 aromatic heterocycles. The molecule has 4 nitrogen and oxygen atoms in total. The van der Waals surface area contributed by atoms with Crippen molar-refractivity contribution in [3.8, 4) is 5.75 Å². The molecule has 28 heavy (non-hydrogen) atoms. The number of aryl methyl sites for hydroxylation is 1. The van der Waals surface area contributed by atoms with Crippen LogP contribution in [0.15, 0.2) is 18.2 Å². The topological polar surface area (TPSA) is 29.5 Å². The van der Waals surface area contributed by atoms with Crippen LogP contribution >= 0.6 is 0 Å². The first kappa shape index (κ1) is 24.5. The van der Waals surface area contributed by atoms with E-state index >= 15 is 0 Å². The summed E-state index contributed by atoms with van der Waals surface area (Å²) in [6.45, 7) is 14.8. The van der Waals surface area contributed by atoms with Crippen molar-refractivity contribution in [3.05, 3.63) is 29.3 Å². The minimum atomic E-state index is 0.283. The molecule has 0 aliphatic rings. The highest BCUT2D eigenvalue weighted by Gasteiger charge is 2.23. The number of carbonyl (C=O) groups is 1. The molecule has 160 valence electrons. The van der Waals surface area contributed by atoms with Gasteiger partial charge in [-0.25, -0.2) is 0 Å².